The van der Waals surface area contributed by atoms with E-state index < -0.39 is 0 Å². The molecule has 0 N–H and O–H groups in total. The van der Waals surface area contributed by atoms with Crippen LogP contribution >= 0.6 is 0 Å². The molecule has 0 aliphatic heterocycles. The Morgan fingerprint density at radius 2 is 2.24 bits per heavy atom. The van der Waals surface area contributed by atoms with Gasteiger partial charge in [-0.05, 0) is 18.6 Å². The molecule has 0 bridgehead atoms. The number of fused-ring (bicyclic) bond motifs is 1. The Kier molecular flexibility index (Phi) is 3.68. The van der Waals surface area contributed by atoms with Gasteiger partial charge in [-0.25, -0.2) is 0 Å². The number of nitrogens with zero attached hydrogens (tertiary/aromatic N) is 4. The summed E-state index contributed by atoms with van der Waals surface area (Å²) in [4.78, 5) is 0. The molecule has 2 aromatic heterocycles. The van der Waals surface area contributed by atoms with Crippen LogP contribution in [0.2, 0.25) is 0 Å². The van der Waals surface area contributed by atoms with Gasteiger partial charge in [0.1, 0.15) is 11.9 Å². The molecule has 0 spiro atoms. The van der Waals surface area contributed by atoms with Gasteiger partial charge < -0.3 is 4.74 Å². The van der Waals surface area contributed by atoms with Crippen molar-refractivity contribution in [2.75, 3.05) is 13.2 Å². The van der Waals surface area contributed by atoms with Crippen LogP contribution in [0.1, 0.15) is 24.7 Å². The monoisotopic (exact) mass is 230 g/mol. The van der Waals surface area contributed by atoms with E-state index in [-0.39, 0.29) is 0 Å². The van der Waals surface area contributed by atoms with Gasteiger partial charge in [0.25, 0.3) is 0 Å². The first kappa shape index (κ1) is 11.6. The van der Waals surface area contributed by atoms with Gasteiger partial charge in [-0.2, -0.15) is 5.26 Å². The summed E-state index contributed by atoms with van der Waals surface area (Å²) in [5, 5.41) is 17.0. The minimum Gasteiger partial charge on any atom is -0.381 e. The second-order valence-corrected chi connectivity index (χ2v) is 3.74. The summed E-state index contributed by atoms with van der Waals surface area (Å²) in [6.45, 7) is 3.47. The number of pyridine rings is 1. The Morgan fingerprint density at radius 3 is 3.00 bits per heavy atom. The first-order chi connectivity index (χ1) is 8.35. The normalized spacial score (nSPS) is 10.6. The maximum Gasteiger partial charge on any atom is 0.160 e. The summed E-state index contributed by atoms with van der Waals surface area (Å²) in [5.41, 5.74) is 1.36. The van der Waals surface area contributed by atoms with E-state index in [1.165, 1.54) is 0 Å². The molecule has 0 fully saturated rings. The maximum absolute atomic E-state index is 8.84. The Balaban J connectivity index is 2.14. The van der Waals surface area contributed by atoms with Crippen LogP contribution in [0.4, 0.5) is 0 Å². The van der Waals surface area contributed by atoms with E-state index in [0.717, 1.165) is 24.5 Å². The summed E-state index contributed by atoms with van der Waals surface area (Å²) in [6.07, 6.45) is 3.47. The third kappa shape index (κ3) is 2.60. The van der Waals surface area contributed by atoms with Crippen molar-refractivity contribution in [3.8, 4) is 6.07 Å². The summed E-state index contributed by atoms with van der Waals surface area (Å²) >= 11 is 0. The largest absolute Gasteiger partial charge is 0.381 e. The van der Waals surface area contributed by atoms with Crippen LogP contribution in [-0.4, -0.2) is 27.8 Å². The van der Waals surface area contributed by atoms with Gasteiger partial charge >= 0.3 is 0 Å². The van der Waals surface area contributed by atoms with Gasteiger partial charge in [-0.15, -0.1) is 10.2 Å². The quantitative estimate of drug-likeness (QED) is 0.731. The fraction of sp³-hybridized carbons (Fsp3) is 0.417. The molecule has 2 heterocycles. The van der Waals surface area contributed by atoms with Gasteiger partial charge in [0.05, 0.1) is 12.2 Å². The average Bonchev–Trinajstić information content (AvgIpc) is 2.77. The minimum atomic E-state index is 0.605. The standard InChI is InChI=1S/C12H14N4O/c1-2-6-17-7-5-12-15-14-11-4-3-10(8-13)9-16(11)12/h3-4,9H,2,5-7H2,1H3. The van der Waals surface area contributed by atoms with Crippen molar-refractivity contribution in [3.05, 3.63) is 29.7 Å². The zero-order valence-corrected chi connectivity index (χ0v) is 9.76. The number of aromatic nitrogens is 3. The number of ether oxygens (including phenoxy) is 1. The lowest BCUT2D eigenvalue weighted by Gasteiger charge is -2.01. The van der Waals surface area contributed by atoms with E-state index in [1.54, 1.807) is 18.3 Å². The third-order valence-electron chi connectivity index (χ3n) is 2.42. The van der Waals surface area contributed by atoms with Crippen LogP contribution in [0, 0.1) is 11.3 Å². The molecular formula is C12H14N4O. The predicted molar refractivity (Wildman–Crippen MR) is 62.5 cm³/mol. The van der Waals surface area contributed by atoms with Crippen molar-refractivity contribution < 1.29 is 4.74 Å². The molecular weight excluding hydrogens is 216 g/mol. The van der Waals surface area contributed by atoms with E-state index in [2.05, 4.69) is 23.2 Å². The Morgan fingerprint density at radius 1 is 1.35 bits per heavy atom. The highest BCUT2D eigenvalue weighted by molar-refractivity contribution is 5.42. The molecule has 5 heteroatoms. The molecule has 0 amide bonds. The van der Waals surface area contributed by atoms with Crippen molar-refractivity contribution in [1.82, 2.24) is 14.6 Å². The highest BCUT2D eigenvalue weighted by Crippen LogP contribution is 2.07. The lowest BCUT2D eigenvalue weighted by molar-refractivity contribution is 0.136. The number of hydrogen-bond donors (Lipinski definition) is 0. The summed E-state index contributed by atoms with van der Waals surface area (Å²) < 4.78 is 7.26. The summed E-state index contributed by atoms with van der Waals surface area (Å²) in [7, 11) is 0. The Labute approximate surface area is 99.7 Å². The molecule has 0 aliphatic carbocycles. The van der Waals surface area contributed by atoms with Crippen LogP contribution in [0.5, 0.6) is 0 Å². The maximum atomic E-state index is 8.84. The first-order valence-electron chi connectivity index (χ1n) is 5.66. The van der Waals surface area contributed by atoms with Crippen LogP contribution in [0.15, 0.2) is 18.3 Å². The van der Waals surface area contributed by atoms with Crippen molar-refractivity contribution >= 4 is 5.65 Å². The molecule has 2 aromatic rings. The Bertz CT molecular complexity index is 541. The summed E-state index contributed by atoms with van der Waals surface area (Å²) in [6, 6.07) is 5.64. The molecule has 88 valence electrons. The zero-order chi connectivity index (χ0) is 12.1. The topological polar surface area (TPSA) is 63.2 Å². The molecule has 2 rings (SSSR count). The van der Waals surface area contributed by atoms with Crippen LogP contribution in [0.3, 0.4) is 0 Å². The number of hydrogen-bond acceptors (Lipinski definition) is 4. The molecule has 0 atom stereocenters. The van der Waals surface area contributed by atoms with Crippen molar-refractivity contribution in [3.63, 3.8) is 0 Å². The number of nitriles is 1. The molecule has 0 aromatic carbocycles. The fourth-order valence-electron chi connectivity index (χ4n) is 1.58. The second-order valence-electron chi connectivity index (χ2n) is 3.74. The lowest BCUT2D eigenvalue weighted by atomic mass is 10.3. The van der Waals surface area contributed by atoms with E-state index in [1.807, 2.05) is 4.40 Å². The predicted octanol–water partition coefficient (Wildman–Crippen LogP) is 1.57. The fourth-order valence-corrected chi connectivity index (χ4v) is 1.58. The molecule has 0 aliphatic rings. The van der Waals surface area contributed by atoms with E-state index in [9.17, 15) is 0 Å². The highest BCUT2D eigenvalue weighted by atomic mass is 16.5. The van der Waals surface area contributed by atoms with Gasteiger partial charge in [-0.3, -0.25) is 4.40 Å². The van der Waals surface area contributed by atoms with Crippen LogP contribution in [0.25, 0.3) is 5.65 Å². The Hall–Kier alpha value is -1.93. The zero-order valence-electron chi connectivity index (χ0n) is 9.76. The molecule has 17 heavy (non-hydrogen) atoms. The highest BCUT2D eigenvalue weighted by Gasteiger charge is 2.05. The first-order valence-corrected chi connectivity index (χ1v) is 5.66. The van der Waals surface area contributed by atoms with Gasteiger partial charge in [0.2, 0.25) is 0 Å². The average molecular weight is 230 g/mol. The van der Waals surface area contributed by atoms with Gasteiger partial charge in [-0.1, -0.05) is 6.92 Å². The molecule has 0 saturated carbocycles. The van der Waals surface area contributed by atoms with E-state index >= 15 is 0 Å². The van der Waals surface area contributed by atoms with Crippen LogP contribution < -0.4 is 0 Å². The molecule has 0 radical (unpaired) electrons. The third-order valence-corrected chi connectivity index (χ3v) is 2.42. The second kappa shape index (κ2) is 5.41. The van der Waals surface area contributed by atoms with Gasteiger partial charge in [0.15, 0.2) is 5.65 Å². The van der Waals surface area contributed by atoms with E-state index in [4.69, 9.17) is 10.00 Å². The molecule has 0 saturated heterocycles. The van der Waals surface area contributed by atoms with Crippen molar-refractivity contribution in [1.29, 1.82) is 5.26 Å². The van der Waals surface area contributed by atoms with E-state index in [0.29, 0.717) is 18.6 Å². The lowest BCUT2D eigenvalue weighted by Crippen LogP contribution is -2.03. The van der Waals surface area contributed by atoms with Crippen molar-refractivity contribution in [2.24, 2.45) is 0 Å². The smallest absolute Gasteiger partial charge is 0.160 e. The molecule has 0 unspecified atom stereocenters. The minimum absolute atomic E-state index is 0.605. The molecule has 5 nitrogen and oxygen atoms in total. The van der Waals surface area contributed by atoms with Gasteiger partial charge in [0, 0.05) is 19.2 Å². The number of rotatable bonds is 5. The SMILES string of the molecule is CCCOCCc1nnc2ccc(C#N)cn12. The summed E-state index contributed by atoms with van der Waals surface area (Å²) in [5.74, 6) is 0.827. The van der Waals surface area contributed by atoms with Crippen molar-refractivity contribution in [2.45, 2.75) is 19.8 Å². The van der Waals surface area contributed by atoms with Crippen LogP contribution in [-0.2, 0) is 11.2 Å².